The second-order valence-corrected chi connectivity index (χ2v) is 6.72. The van der Waals surface area contributed by atoms with Gasteiger partial charge in [0.25, 0.3) is 5.91 Å². The maximum Gasteiger partial charge on any atom is 0.326 e. The second-order valence-electron chi connectivity index (χ2n) is 5.90. The predicted octanol–water partition coefficient (Wildman–Crippen LogP) is 4.04. The summed E-state index contributed by atoms with van der Waals surface area (Å²) >= 11 is 11.9. The van der Waals surface area contributed by atoms with E-state index in [1.54, 1.807) is 25.1 Å². The number of amides is 1. The van der Waals surface area contributed by atoms with Crippen LogP contribution >= 0.6 is 23.2 Å². The number of aromatic nitrogens is 1. The number of aryl methyl sites for hydroxylation is 1. The third-order valence-electron chi connectivity index (χ3n) is 4.21. The van der Waals surface area contributed by atoms with E-state index in [1.807, 2.05) is 0 Å². The number of carboxylic acid groups (broad SMARTS) is 1. The van der Waals surface area contributed by atoms with Crippen LogP contribution in [0.15, 0.2) is 22.6 Å². The van der Waals surface area contributed by atoms with E-state index in [0.29, 0.717) is 34.3 Å². The van der Waals surface area contributed by atoms with Gasteiger partial charge in [0.15, 0.2) is 5.69 Å². The number of carboxylic acids is 1. The quantitative estimate of drug-likeness (QED) is 0.865. The van der Waals surface area contributed by atoms with E-state index in [0.717, 1.165) is 12.8 Å². The van der Waals surface area contributed by atoms with Gasteiger partial charge in [-0.25, -0.2) is 9.78 Å². The van der Waals surface area contributed by atoms with E-state index in [-0.39, 0.29) is 11.6 Å². The molecule has 3 rings (SSSR count). The number of piperidine rings is 1. The summed E-state index contributed by atoms with van der Waals surface area (Å²) in [6.07, 6.45) is 2.00. The van der Waals surface area contributed by atoms with Gasteiger partial charge in [0.1, 0.15) is 11.8 Å². The fourth-order valence-corrected chi connectivity index (χ4v) is 3.21. The first-order chi connectivity index (χ1) is 11.9. The van der Waals surface area contributed by atoms with Crippen molar-refractivity contribution in [2.45, 2.75) is 32.2 Å². The number of hydrogen-bond acceptors (Lipinski definition) is 4. The molecule has 0 spiro atoms. The molecular formula is C17H16Cl2N2O4. The smallest absolute Gasteiger partial charge is 0.326 e. The first-order valence-electron chi connectivity index (χ1n) is 7.85. The van der Waals surface area contributed by atoms with Crippen LogP contribution in [0.5, 0.6) is 0 Å². The van der Waals surface area contributed by atoms with Gasteiger partial charge >= 0.3 is 5.97 Å². The summed E-state index contributed by atoms with van der Waals surface area (Å²) in [6, 6.07) is 4.08. The van der Waals surface area contributed by atoms with Crippen LogP contribution in [0.2, 0.25) is 10.0 Å². The van der Waals surface area contributed by atoms with Crippen molar-refractivity contribution in [3.63, 3.8) is 0 Å². The number of carbonyl (C=O) groups is 2. The van der Waals surface area contributed by atoms with Gasteiger partial charge in [0.05, 0.1) is 10.0 Å². The first kappa shape index (κ1) is 17.8. The Kier molecular flexibility index (Phi) is 5.01. The molecule has 1 fully saturated rings. The van der Waals surface area contributed by atoms with Crippen LogP contribution in [0.3, 0.4) is 0 Å². The summed E-state index contributed by atoms with van der Waals surface area (Å²) in [5.74, 6) is -0.859. The number of carbonyl (C=O) groups excluding carboxylic acids is 1. The highest BCUT2D eigenvalue weighted by molar-refractivity contribution is 6.42. The van der Waals surface area contributed by atoms with Crippen molar-refractivity contribution in [2.75, 3.05) is 6.54 Å². The molecule has 1 aromatic heterocycles. The van der Waals surface area contributed by atoms with E-state index >= 15 is 0 Å². The summed E-state index contributed by atoms with van der Waals surface area (Å²) in [7, 11) is 0. The van der Waals surface area contributed by atoms with Crippen molar-refractivity contribution < 1.29 is 19.1 Å². The van der Waals surface area contributed by atoms with Gasteiger partial charge in [-0.1, -0.05) is 23.2 Å². The molecule has 0 aliphatic carbocycles. The number of aliphatic carboxylic acids is 1. The van der Waals surface area contributed by atoms with Crippen LogP contribution in [0.4, 0.5) is 0 Å². The molecular weight excluding hydrogens is 367 g/mol. The van der Waals surface area contributed by atoms with Crippen molar-refractivity contribution in [2.24, 2.45) is 0 Å². The molecule has 2 heterocycles. The highest BCUT2D eigenvalue weighted by atomic mass is 35.5. The zero-order chi connectivity index (χ0) is 18.1. The average molecular weight is 383 g/mol. The number of halogens is 2. The van der Waals surface area contributed by atoms with Gasteiger partial charge in [0, 0.05) is 12.1 Å². The normalized spacial score (nSPS) is 17.6. The SMILES string of the molecule is Cc1oc(-c2ccc(Cl)c(Cl)c2)nc1C(=O)N1CCCCC1C(=O)O. The summed E-state index contributed by atoms with van der Waals surface area (Å²) in [6.45, 7) is 2.02. The topological polar surface area (TPSA) is 83.6 Å². The predicted molar refractivity (Wildman–Crippen MR) is 93.0 cm³/mol. The molecule has 1 atom stereocenters. The van der Waals surface area contributed by atoms with Crippen LogP contribution in [0, 0.1) is 6.92 Å². The van der Waals surface area contributed by atoms with Gasteiger partial charge in [-0.2, -0.15) is 0 Å². The minimum atomic E-state index is -1.00. The van der Waals surface area contributed by atoms with Crippen molar-refractivity contribution in [3.05, 3.63) is 39.7 Å². The number of rotatable bonds is 3. The molecule has 0 bridgehead atoms. The van der Waals surface area contributed by atoms with Crippen LogP contribution in [-0.2, 0) is 4.79 Å². The van der Waals surface area contributed by atoms with Gasteiger partial charge in [-0.05, 0) is 44.4 Å². The largest absolute Gasteiger partial charge is 0.480 e. The first-order valence-corrected chi connectivity index (χ1v) is 8.60. The standard InChI is InChI=1S/C17H16Cl2N2O4/c1-9-14(16(22)21-7-3-2-4-13(21)17(23)24)20-15(25-9)10-5-6-11(18)12(19)8-10/h5-6,8,13H,2-4,7H2,1H3,(H,23,24). The molecule has 6 nitrogen and oxygen atoms in total. The molecule has 8 heteroatoms. The molecule has 2 aromatic rings. The monoisotopic (exact) mass is 382 g/mol. The fraction of sp³-hybridized carbons (Fsp3) is 0.353. The lowest BCUT2D eigenvalue weighted by molar-refractivity contribution is -0.143. The zero-order valence-electron chi connectivity index (χ0n) is 13.5. The molecule has 1 aliphatic rings. The lowest BCUT2D eigenvalue weighted by Crippen LogP contribution is -2.48. The molecule has 1 amide bonds. The Hall–Kier alpha value is -2.05. The molecule has 0 saturated carbocycles. The van der Waals surface area contributed by atoms with Crippen molar-refractivity contribution in [1.29, 1.82) is 0 Å². The molecule has 1 N–H and O–H groups in total. The van der Waals surface area contributed by atoms with Crippen molar-refractivity contribution in [1.82, 2.24) is 9.88 Å². The molecule has 1 saturated heterocycles. The minimum absolute atomic E-state index is 0.120. The van der Waals surface area contributed by atoms with Gasteiger partial charge in [-0.3, -0.25) is 4.79 Å². The molecule has 1 aliphatic heterocycles. The Bertz CT molecular complexity index is 834. The maximum atomic E-state index is 12.8. The van der Waals surface area contributed by atoms with E-state index in [1.165, 1.54) is 4.90 Å². The molecule has 1 aromatic carbocycles. The van der Waals surface area contributed by atoms with Crippen LogP contribution < -0.4 is 0 Å². The number of nitrogens with zero attached hydrogens (tertiary/aromatic N) is 2. The summed E-state index contributed by atoms with van der Waals surface area (Å²) in [4.78, 5) is 29.8. The van der Waals surface area contributed by atoms with Crippen molar-refractivity contribution in [3.8, 4) is 11.5 Å². The van der Waals surface area contributed by atoms with E-state index < -0.39 is 17.9 Å². The van der Waals surface area contributed by atoms with Gasteiger partial charge < -0.3 is 14.4 Å². The van der Waals surface area contributed by atoms with E-state index in [4.69, 9.17) is 27.6 Å². The maximum absolute atomic E-state index is 12.8. The average Bonchev–Trinajstić information content (AvgIpc) is 2.98. The van der Waals surface area contributed by atoms with E-state index in [9.17, 15) is 14.7 Å². The molecule has 1 unspecified atom stereocenters. The number of benzene rings is 1. The Morgan fingerprint density at radius 1 is 1.28 bits per heavy atom. The summed E-state index contributed by atoms with van der Waals surface area (Å²) in [5.41, 5.74) is 0.708. The molecule has 25 heavy (non-hydrogen) atoms. The number of likely N-dealkylation sites (tertiary alicyclic amines) is 1. The second kappa shape index (κ2) is 7.06. The lowest BCUT2D eigenvalue weighted by atomic mass is 10.0. The third kappa shape index (κ3) is 3.50. The van der Waals surface area contributed by atoms with Gasteiger partial charge in [-0.15, -0.1) is 0 Å². The summed E-state index contributed by atoms with van der Waals surface area (Å²) < 4.78 is 5.60. The van der Waals surface area contributed by atoms with Crippen LogP contribution in [-0.4, -0.2) is 39.5 Å². The number of hydrogen-bond donors (Lipinski definition) is 1. The highest BCUT2D eigenvalue weighted by Gasteiger charge is 2.34. The van der Waals surface area contributed by atoms with Crippen molar-refractivity contribution >= 4 is 35.1 Å². The highest BCUT2D eigenvalue weighted by Crippen LogP contribution is 2.30. The van der Waals surface area contributed by atoms with Crippen LogP contribution in [0.1, 0.15) is 35.5 Å². The zero-order valence-corrected chi connectivity index (χ0v) is 15.0. The minimum Gasteiger partial charge on any atom is -0.480 e. The van der Waals surface area contributed by atoms with Gasteiger partial charge in [0.2, 0.25) is 5.89 Å². The lowest BCUT2D eigenvalue weighted by Gasteiger charge is -2.32. The number of oxazole rings is 1. The Labute approximate surface area is 154 Å². The third-order valence-corrected chi connectivity index (χ3v) is 4.95. The Morgan fingerprint density at radius 2 is 2.04 bits per heavy atom. The Balaban J connectivity index is 1.92. The Morgan fingerprint density at radius 3 is 2.72 bits per heavy atom. The molecule has 132 valence electrons. The molecule has 0 radical (unpaired) electrons. The van der Waals surface area contributed by atoms with E-state index in [2.05, 4.69) is 4.98 Å². The van der Waals surface area contributed by atoms with Crippen LogP contribution in [0.25, 0.3) is 11.5 Å². The fourth-order valence-electron chi connectivity index (χ4n) is 2.91. The summed E-state index contributed by atoms with van der Waals surface area (Å²) in [5, 5.41) is 10.1.